The standard InChI is InChI=1S/C24H24N8O4/c1-34-17-11-14(10-16-18(35-2)12-36-20(16)17)19(29-15-6-4-13(5-7-15)21(25)26)22-30-24(33)32(31-22)23-27-8-3-9-28-23/h3-11,18-19,29H,12H2,1-2H3,(H3,25,26)(H,30,31,33)/t18-,19?/m1/s1. The van der Waals surface area contributed by atoms with Gasteiger partial charge in [0.25, 0.3) is 5.95 Å². The van der Waals surface area contributed by atoms with Crippen molar-refractivity contribution in [3.05, 3.63) is 87.9 Å². The van der Waals surface area contributed by atoms with Crippen LogP contribution in [-0.4, -0.2) is 51.4 Å². The Morgan fingerprint density at radius 1 is 1.25 bits per heavy atom. The fourth-order valence-corrected chi connectivity index (χ4v) is 4.03. The highest BCUT2D eigenvalue weighted by molar-refractivity contribution is 5.95. The topological polar surface area (TPSA) is 166 Å². The van der Waals surface area contributed by atoms with Gasteiger partial charge in [0, 0.05) is 36.3 Å². The van der Waals surface area contributed by atoms with E-state index >= 15 is 0 Å². The highest BCUT2D eigenvalue weighted by Crippen LogP contribution is 2.44. The number of rotatable bonds is 8. The van der Waals surface area contributed by atoms with Crippen molar-refractivity contribution in [1.82, 2.24) is 24.7 Å². The molecule has 0 fully saturated rings. The third-order valence-corrected chi connectivity index (χ3v) is 5.83. The van der Waals surface area contributed by atoms with Crippen LogP contribution in [0.25, 0.3) is 5.95 Å². The minimum Gasteiger partial charge on any atom is -0.493 e. The van der Waals surface area contributed by atoms with Crippen LogP contribution in [0.5, 0.6) is 11.5 Å². The maximum atomic E-state index is 12.8. The number of nitrogen functional groups attached to an aromatic ring is 1. The minimum atomic E-state index is -0.608. The molecule has 0 amide bonds. The Labute approximate surface area is 205 Å². The highest BCUT2D eigenvalue weighted by atomic mass is 16.6. The second kappa shape index (κ2) is 9.50. The molecule has 0 spiro atoms. The van der Waals surface area contributed by atoms with Gasteiger partial charge in [-0.2, -0.15) is 0 Å². The molecule has 1 unspecified atom stereocenters. The third kappa shape index (κ3) is 4.25. The van der Waals surface area contributed by atoms with Crippen LogP contribution in [-0.2, 0) is 4.74 Å². The quantitative estimate of drug-likeness (QED) is 0.214. The van der Waals surface area contributed by atoms with Crippen molar-refractivity contribution < 1.29 is 14.2 Å². The number of hydrogen-bond donors (Lipinski definition) is 4. The first-order valence-corrected chi connectivity index (χ1v) is 11.0. The molecule has 1 aliphatic rings. The monoisotopic (exact) mass is 488 g/mol. The van der Waals surface area contributed by atoms with Gasteiger partial charge in [-0.1, -0.05) is 0 Å². The lowest BCUT2D eigenvalue weighted by molar-refractivity contribution is 0.0814. The van der Waals surface area contributed by atoms with E-state index in [0.29, 0.717) is 29.5 Å². The van der Waals surface area contributed by atoms with Crippen molar-refractivity contribution in [3.63, 3.8) is 0 Å². The van der Waals surface area contributed by atoms with Gasteiger partial charge in [0.2, 0.25) is 0 Å². The van der Waals surface area contributed by atoms with E-state index in [4.69, 9.17) is 25.4 Å². The van der Waals surface area contributed by atoms with Crippen LogP contribution in [0, 0.1) is 5.41 Å². The zero-order valence-electron chi connectivity index (χ0n) is 19.6. The van der Waals surface area contributed by atoms with Crippen LogP contribution < -0.4 is 26.2 Å². The fraction of sp³-hybridized carbons (Fsp3) is 0.208. The number of nitrogens with one attached hydrogen (secondary N) is 3. The second-order valence-corrected chi connectivity index (χ2v) is 8.02. The highest BCUT2D eigenvalue weighted by Gasteiger charge is 2.31. The van der Waals surface area contributed by atoms with E-state index in [-0.39, 0.29) is 17.9 Å². The predicted molar refractivity (Wildman–Crippen MR) is 131 cm³/mol. The molecule has 12 nitrogen and oxygen atoms in total. The smallest absolute Gasteiger partial charge is 0.350 e. The second-order valence-electron chi connectivity index (χ2n) is 8.02. The molecule has 5 N–H and O–H groups in total. The number of benzene rings is 2. The van der Waals surface area contributed by atoms with Crippen molar-refractivity contribution in [2.75, 3.05) is 26.1 Å². The average Bonchev–Trinajstić information content (AvgIpc) is 3.50. The molecular weight excluding hydrogens is 464 g/mol. The maximum Gasteiger partial charge on any atom is 0.350 e. The van der Waals surface area contributed by atoms with E-state index in [1.54, 1.807) is 44.6 Å². The van der Waals surface area contributed by atoms with Gasteiger partial charge in [0.05, 0.1) is 7.11 Å². The molecule has 2 aromatic carbocycles. The summed E-state index contributed by atoms with van der Waals surface area (Å²) in [6.45, 7) is 0.368. The lowest BCUT2D eigenvalue weighted by Gasteiger charge is -2.20. The number of methoxy groups -OCH3 is 2. The molecule has 36 heavy (non-hydrogen) atoms. The van der Waals surface area contributed by atoms with Gasteiger partial charge in [-0.25, -0.2) is 14.8 Å². The molecule has 2 atom stereocenters. The van der Waals surface area contributed by atoms with E-state index in [0.717, 1.165) is 21.5 Å². The van der Waals surface area contributed by atoms with Crippen LogP contribution >= 0.6 is 0 Å². The molecular formula is C24H24N8O4. The summed E-state index contributed by atoms with van der Waals surface area (Å²) in [7, 11) is 3.18. The molecule has 2 aromatic heterocycles. The summed E-state index contributed by atoms with van der Waals surface area (Å²) >= 11 is 0. The minimum absolute atomic E-state index is 0.0296. The zero-order chi connectivity index (χ0) is 25.2. The normalized spacial score (nSPS) is 15.1. The fourth-order valence-electron chi connectivity index (χ4n) is 4.03. The molecule has 1 aliphatic heterocycles. The molecule has 0 bridgehead atoms. The largest absolute Gasteiger partial charge is 0.493 e. The summed E-state index contributed by atoms with van der Waals surface area (Å²) < 4.78 is 18.1. The molecule has 0 saturated heterocycles. The Morgan fingerprint density at radius 3 is 2.67 bits per heavy atom. The van der Waals surface area contributed by atoms with Gasteiger partial charge in [-0.15, -0.1) is 9.78 Å². The summed E-state index contributed by atoms with van der Waals surface area (Å²) in [5.74, 6) is 1.60. The summed E-state index contributed by atoms with van der Waals surface area (Å²) in [6.07, 6.45) is 2.80. The average molecular weight is 489 g/mol. The summed E-state index contributed by atoms with van der Waals surface area (Å²) in [5.41, 5.74) is 8.00. The number of aromatic amines is 1. The van der Waals surface area contributed by atoms with Gasteiger partial charge in [-0.3, -0.25) is 10.4 Å². The van der Waals surface area contributed by atoms with Crippen LogP contribution in [0.2, 0.25) is 0 Å². The maximum absolute atomic E-state index is 12.8. The van der Waals surface area contributed by atoms with Crippen molar-refractivity contribution in [2.45, 2.75) is 12.1 Å². The first-order chi connectivity index (χ1) is 17.5. The molecule has 0 aliphatic carbocycles. The first kappa shape index (κ1) is 23.1. The Kier molecular flexibility index (Phi) is 6.09. The van der Waals surface area contributed by atoms with E-state index in [1.165, 1.54) is 12.4 Å². The first-order valence-electron chi connectivity index (χ1n) is 11.0. The van der Waals surface area contributed by atoms with Crippen LogP contribution in [0.3, 0.4) is 0 Å². The Hall–Kier alpha value is -4.71. The third-order valence-electron chi connectivity index (χ3n) is 5.83. The molecule has 12 heteroatoms. The van der Waals surface area contributed by atoms with Gasteiger partial charge >= 0.3 is 5.69 Å². The lowest BCUT2D eigenvalue weighted by Crippen LogP contribution is -2.18. The Bertz CT molecular complexity index is 1450. The molecule has 0 radical (unpaired) electrons. The van der Waals surface area contributed by atoms with E-state index in [9.17, 15) is 4.79 Å². The Balaban J connectivity index is 1.62. The van der Waals surface area contributed by atoms with Crippen LogP contribution in [0.1, 0.15) is 34.7 Å². The van der Waals surface area contributed by atoms with Gasteiger partial charge < -0.3 is 25.3 Å². The van der Waals surface area contributed by atoms with Crippen molar-refractivity contribution in [3.8, 4) is 17.4 Å². The number of anilines is 1. The van der Waals surface area contributed by atoms with Crippen molar-refractivity contribution in [1.29, 1.82) is 5.41 Å². The molecule has 3 heterocycles. The zero-order valence-corrected chi connectivity index (χ0v) is 19.6. The van der Waals surface area contributed by atoms with Gasteiger partial charge in [0.1, 0.15) is 24.6 Å². The van der Waals surface area contributed by atoms with Gasteiger partial charge in [-0.05, 0) is 48.0 Å². The number of nitrogens with zero attached hydrogens (tertiary/aromatic N) is 4. The Morgan fingerprint density at radius 2 is 2.00 bits per heavy atom. The molecule has 184 valence electrons. The van der Waals surface area contributed by atoms with Crippen LogP contribution in [0.4, 0.5) is 5.69 Å². The summed E-state index contributed by atoms with van der Waals surface area (Å²) in [5, 5.41) is 15.5. The van der Waals surface area contributed by atoms with E-state index in [1.807, 2.05) is 12.1 Å². The number of amidine groups is 1. The van der Waals surface area contributed by atoms with Crippen molar-refractivity contribution >= 4 is 11.5 Å². The number of fused-ring (bicyclic) bond motifs is 1. The number of nitrogens with two attached hydrogens (primary N) is 1. The predicted octanol–water partition coefficient (Wildman–Crippen LogP) is 1.92. The lowest BCUT2D eigenvalue weighted by atomic mass is 9.99. The molecule has 0 saturated carbocycles. The summed E-state index contributed by atoms with van der Waals surface area (Å²) in [4.78, 5) is 23.9. The van der Waals surface area contributed by atoms with E-state index in [2.05, 4.69) is 25.4 Å². The SMILES string of the molecule is COc1cc(C(Nc2ccc(C(=N)N)cc2)c2nn(-c3ncccn3)c(=O)[nH]2)cc2c1OC[C@H]2OC. The number of aromatic nitrogens is 5. The number of ether oxygens (including phenoxy) is 3. The van der Waals surface area contributed by atoms with E-state index < -0.39 is 11.7 Å². The number of hydrogen-bond acceptors (Lipinski definition) is 9. The molecule has 4 aromatic rings. The molecule has 5 rings (SSSR count). The van der Waals surface area contributed by atoms with Crippen LogP contribution in [0.15, 0.2) is 59.7 Å². The summed E-state index contributed by atoms with van der Waals surface area (Å²) in [6, 6.07) is 11.9. The number of H-pyrrole nitrogens is 1. The van der Waals surface area contributed by atoms with Crippen molar-refractivity contribution in [2.24, 2.45) is 5.73 Å². The van der Waals surface area contributed by atoms with Gasteiger partial charge in [0.15, 0.2) is 17.3 Å².